The lowest BCUT2D eigenvalue weighted by molar-refractivity contribution is 0.354. The summed E-state index contributed by atoms with van der Waals surface area (Å²) in [6, 6.07) is 8.71. The molecule has 1 aromatic carbocycles. The molecule has 17 heavy (non-hydrogen) atoms. The van der Waals surface area contributed by atoms with Gasteiger partial charge in [-0.25, -0.2) is 0 Å². The number of benzene rings is 1. The third kappa shape index (κ3) is 1.51. The lowest BCUT2D eigenvalue weighted by atomic mass is 9.79. The quantitative estimate of drug-likeness (QED) is 0.686. The van der Waals surface area contributed by atoms with Crippen molar-refractivity contribution >= 4 is 0 Å². The second-order valence-corrected chi connectivity index (χ2v) is 5.57. The highest BCUT2D eigenvalue weighted by atomic mass is 16.5. The van der Waals surface area contributed by atoms with Gasteiger partial charge >= 0.3 is 0 Å². The maximum Gasteiger partial charge on any atom is 0.141 e. The van der Waals surface area contributed by atoms with Gasteiger partial charge in [-0.2, -0.15) is 0 Å². The van der Waals surface area contributed by atoms with Gasteiger partial charge in [0.05, 0.1) is 6.20 Å². The van der Waals surface area contributed by atoms with Gasteiger partial charge in [0.25, 0.3) is 0 Å². The van der Waals surface area contributed by atoms with Crippen molar-refractivity contribution in [2.24, 2.45) is 0 Å². The van der Waals surface area contributed by atoms with Crippen LogP contribution in [0.4, 0.5) is 0 Å². The molecule has 2 heteroatoms. The summed E-state index contributed by atoms with van der Waals surface area (Å²) in [7, 11) is 0. The summed E-state index contributed by atoms with van der Waals surface area (Å²) < 4.78 is 5.42. The molecular weight excluding hydrogens is 210 g/mol. The predicted molar refractivity (Wildman–Crippen MR) is 67.2 cm³/mol. The molecule has 0 bridgehead atoms. The Morgan fingerprint density at radius 2 is 2.00 bits per heavy atom. The van der Waals surface area contributed by atoms with Gasteiger partial charge in [-0.05, 0) is 16.5 Å². The predicted octanol–water partition coefficient (Wildman–Crippen LogP) is 3.66. The van der Waals surface area contributed by atoms with Crippen LogP contribution < -0.4 is 0 Å². The number of hydrogen-bond acceptors (Lipinski definition) is 2. The van der Waals surface area contributed by atoms with Crippen molar-refractivity contribution in [3.63, 3.8) is 0 Å². The molecule has 0 radical (unpaired) electrons. The van der Waals surface area contributed by atoms with Crippen LogP contribution in [0.1, 0.15) is 49.1 Å². The van der Waals surface area contributed by atoms with Crippen LogP contribution in [0.2, 0.25) is 0 Å². The van der Waals surface area contributed by atoms with Crippen LogP contribution in [0.3, 0.4) is 0 Å². The van der Waals surface area contributed by atoms with Gasteiger partial charge in [0, 0.05) is 17.9 Å². The molecular formula is C15H17NO. The molecule has 1 atom stereocenters. The Hall–Kier alpha value is -1.57. The van der Waals surface area contributed by atoms with Crippen molar-refractivity contribution in [1.29, 1.82) is 0 Å². The highest BCUT2D eigenvalue weighted by molar-refractivity contribution is 5.44. The summed E-state index contributed by atoms with van der Waals surface area (Å²) in [5.41, 5.74) is 4.18. The summed E-state index contributed by atoms with van der Waals surface area (Å²) in [6.07, 6.45) is 2.79. The first-order valence-corrected chi connectivity index (χ1v) is 6.12. The van der Waals surface area contributed by atoms with E-state index in [9.17, 15) is 0 Å². The van der Waals surface area contributed by atoms with Crippen LogP contribution in [-0.2, 0) is 11.8 Å². The fourth-order valence-electron chi connectivity index (χ4n) is 2.91. The summed E-state index contributed by atoms with van der Waals surface area (Å²) >= 11 is 0. The zero-order chi connectivity index (χ0) is 12.0. The first kappa shape index (κ1) is 10.6. The van der Waals surface area contributed by atoms with Crippen molar-refractivity contribution in [1.82, 2.24) is 5.16 Å². The Kier molecular flexibility index (Phi) is 2.15. The van der Waals surface area contributed by atoms with E-state index in [0.717, 1.165) is 12.2 Å². The largest absolute Gasteiger partial charge is 0.361 e. The van der Waals surface area contributed by atoms with Gasteiger partial charge in [0.2, 0.25) is 0 Å². The number of hydrogen-bond donors (Lipinski definition) is 0. The number of fused-ring (bicyclic) bond motifs is 2. The summed E-state index contributed by atoms with van der Waals surface area (Å²) in [5.74, 6) is 1.41. The minimum Gasteiger partial charge on any atom is -0.361 e. The highest BCUT2D eigenvalue weighted by Gasteiger charge is 2.33. The van der Waals surface area contributed by atoms with Crippen LogP contribution in [0.5, 0.6) is 0 Å². The fraction of sp³-hybridized carbons (Fsp3) is 0.400. The Balaban J connectivity index is 2.27. The molecule has 1 heterocycles. The minimum atomic E-state index is 0.107. The molecule has 1 unspecified atom stereocenters. The molecule has 0 saturated carbocycles. The molecule has 0 N–H and O–H groups in total. The van der Waals surface area contributed by atoms with Gasteiger partial charge < -0.3 is 4.52 Å². The molecule has 0 spiro atoms. The standard InChI is InChI=1S/C15H17NO/c1-10-11-6-4-5-7-13(11)15(2,3)8-14-12(10)9-16-17-14/h4-7,9-10H,8H2,1-3H3. The highest BCUT2D eigenvalue weighted by Crippen LogP contribution is 2.41. The van der Waals surface area contributed by atoms with Crippen molar-refractivity contribution in [2.45, 2.75) is 38.5 Å². The van der Waals surface area contributed by atoms with E-state index in [1.807, 2.05) is 6.20 Å². The van der Waals surface area contributed by atoms with E-state index in [4.69, 9.17) is 4.52 Å². The van der Waals surface area contributed by atoms with Crippen molar-refractivity contribution in [3.8, 4) is 0 Å². The minimum absolute atomic E-state index is 0.107. The molecule has 2 nitrogen and oxygen atoms in total. The fourth-order valence-corrected chi connectivity index (χ4v) is 2.91. The molecule has 0 fully saturated rings. The first-order chi connectivity index (χ1) is 8.09. The van der Waals surface area contributed by atoms with Crippen molar-refractivity contribution in [3.05, 3.63) is 52.9 Å². The normalized spacial score (nSPS) is 21.5. The maximum absolute atomic E-state index is 5.42. The van der Waals surface area contributed by atoms with E-state index in [0.29, 0.717) is 5.92 Å². The number of aromatic nitrogens is 1. The Morgan fingerprint density at radius 3 is 2.82 bits per heavy atom. The van der Waals surface area contributed by atoms with Crippen molar-refractivity contribution in [2.75, 3.05) is 0 Å². The average Bonchev–Trinajstić information content (AvgIpc) is 2.72. The molecule has 88 valence electrons. The van der Waals surface area contributed by atoms with Crippen LogP contribution in [-0.4, -0.2) is 5.16 Å². The van der Waals surface area contributed by atoms with Gasteiger partial charge in [-0.15, -0.1) is 0 Å². The zero-order valence-electron chi connectivity index (χ0n) is 10.5. The smallest absolute Gasteiger partial charge is 0.141 e. The lowest BCUT2D eigenvalue weighted by Gasteiger charge is -2.25. The van der Waals surface area contributed by atoms with Gasteiger partial charge in [-0.3, -0.25) is 0 Å². The third-order valence-electron chi connectivity index (χ3n) is 3.90. The molecule has 1 aliphatic rings. The average molecular weight is 227 g/mol. The van der Waals surface area contributed by atoms with E-state index in [-0.39, 0.29) is 5.41 Å². The van der Waals surface area contributed by atoms with Crippen LogP contribution >= 0.6 is 0 Å². The van der Waals surface area contributed by atoms with E-state index >= 15 is 0 Å². The molecule has 2 aromatic rings. The number of rotatable bonds is 0. The van der Waals surface area contributed by atoms with Gasteiger partial charge in [0.15, 0.2) is 0 Å². The number of nitrogens with zero attached hydrogens (tertiary/aromatic N) is 1. The second-order valence-electron chi connectivity index (χ2n) is 5.57. The Labute approximate surface area is 102 Å². The maximum atomic E-state index is 5.42. The molecule has 0 aliphatic heterocycles. The molecule has 1 aromatic heterocycles. The molecule has 0 saturated heterocycles. The first-order valence-electron chi connectivity index (χ1n) is 6.12. The molecule has 3 rings (SSSR count). The molecule has 1 aliphatic carbocycles. The van der Waals surface area contributed by atoms with E-state index in [1.165, 1.54) is 16.7 Å². The lowest BCUT2D eigenvalue weighted by Crippen LogP contribution is -2.20. The van der Waals surface area contributed by atoms with Crippen LogP contribution in [0.25, 0.3) is 0 Å². The zero-order valence-corrected chi connectivity index (χ0v) is 10.5. The van der Waals surface area contributed by atoms with Crippen LogP contribution in [0.15, 0.2) is 35.0 Å². The monoisotopic (exact) mass is 227 g/mol. The van der Waals surface area contributed by atoms with Gasteiger partial charge in [0.1, 0.15) is 5.76 Å². The topological polar surface area (TPSA) is 26.0 Å². The van der Waals surface area contributed by atoms with Gasteiger partial charge in [-0.1, -0.05) is 50.2 Å². The summed E-state index contributed by atoms with van der Waals surface area (Å²) in [6.45, 7) is 6.78. The SMILES string of the molecule is CC1c2ccccc2C(C)(C)Cc2oncc21. The van der Waals surface area contributed by atoms with E-state index in [1.54, 1.807) is 0 Å². The summed E-state index contributed by atoms with van der Waals surface area (Å²) in [5, 5.41) is 3.96. The molecule has 0 amide bonds. The Bertz CT molecular complexity index is 554. The van der Waals surface area contributed by atoms with E-state index < -0.39 is 0 Å². The van der Waals surface area contributed by atoms with Crippen LogP contribution in [0, 0.1) is 0 Å². The second kappa shape index (κ2) is 3.46. The summed E-state index contributed by atoms with van der Waals surface area (Å²) in [4.78, 5) is 0. The Morgan fingerprint density at radius 1 is 1.24 bits per heavy atom. The van der Waals surface area contributed by atoms with Crippen molar-refractivity contribution < 1.29 is 4.52 Å². The third-order valence-corrected chi connectivity index (χ3v) is 3.90. The van der Waals surface area contributed by atoms with E-state index in [2.05, 4.69) is 50.2 Å².